The second-order valence-corrected chi connectivity index (χ2v) is 10.7. The molecule has 2 N–H and O–H groups in total. The van der Waals surface area contributed by atoms with Crippen LogP contribution in [-0.2, 0) is 22.2 Å². The summed E-state index contributed by atoms with van der Waals surface area (Å²) in [6.45, 7) is 10.5. The van der Waals surface area contributed by atoms with E-state index in [0.717, 1.165) is 87.8 Å². The number of anilines is 2. The normalized spacial score (nSPS) is 20.4. The molecule has 0 bridgehead atoms. The van der Waals surface area contributed by atoms with E-state index in [9.17, 15) is 13.2 Å². The molecule has 0 radical (unpaired) electrons. The first-order valence-corrected chi connectivity index (χ1v) is 13.9. The Labute approximate surface area is 230 Å². The summed E-state index contributed by atoms with van der Waals surface area (Å²) < 4.78 is 54.7. The van der Waals surface area contributed by atoms with Crippen molar-refractivity contribution in [3.63, 3.8) is 0 Å². The topological polar surface area (TPSA) is 97.3 Å². The van der Waals surface area contributed by atoms with Crippen LogP contribution in [0, 0.1) is 6.92 Å². The van der Waals surface area contributed by atoms with Crippen LogP contribution in [0.1, 0.15) is 29.7 Å². The van der Waals surface area contributed by atoms with E-state index in [1.807, 2.05) is 6.92 Å². The highest BCUT2D eigenvalue weighted by molar-refractivity contribution is 5.74. The van der Waals surface area contributed by atoms with Gasteiger partial charge in [-0.25, -0.2) is 14.5 Å². The molecule has 3 aliphatic rings. The standard InChI is InChI=1S/C27H35F3N8O2/c1-18-19(17-35-4-2-20(3-5-35)36-6-10-39-11-7-36)14-23-26(37-8-12-40-13-9-37)33-25(34-38(18)23)21-16-32-24(31)15-22(21)27(28,29)30/h14-16,20H,2-13,17H2,1H3,(H2,31,32). The number of piperidine rings is 1. The minimum atomic E-state index is -4.63. The zero-order valence-electron chi connectivity index (χ0n) is 22.7. The molecule has 6 rings (SSSR count). The number of fused-ring (bicyclic) bond motifs is 1. The van der Waals surface area contributed by atoms with Gasteiger partial charge in [-0.15, -0.1) is 5.10 Å². The third-order valence-electron chi connectivity index (χ3n) is 8.25. The summed E-state index contributed by atoms with van der Waals surface area (Å²) in [6, 6.07) is 3.52. The van der Waals surface area contributed by atoms with Crippen LogP contribution in [0.25, 0.3) is 16.9 Å². The van der Waals surface area contributed by atoms with Gasteiger partial charge in [0, 0.05) is 50.7 Å². The van der Waals surface area contributed by atoms with Crippen molar-refractivity contribution in [3.05, 3.63) is 35.2 Å². The summed E-state index contributed by atoms with van der Waals surface area (Å²) in [6.07, 6.45) is -1.30. The zero-order valence-corrected chi connectivity index (χ0v) is 22.7. The van der Waals surface area contributed by atoms with Crippen LogP contribution in [0.4, 0.5) is 24.8 Å². The molecule has 0 atom stereocenters. The molecule has 40 heavy (non-hydrogen) atoms. The molecule has 216 valence electrons. The van der Waals surface area contributed by atoms with Gasteiger partial charge in [0.15, 0.2) is 11.6 Å². The van der Waals surface area contributed by atoms with Crippen molar-refractivity contribution < 1.29 is 22.6 Å². The lowest BCUT2D eigenvalue weighted by molar-refractivity contribution is -0.137. The summed E-state index contributed by atoms with van der Waals surface area (Å²) in [7, 11) is 0. The molecule has 0 amide bonds. The van der Waals surface area contributed by atoms with Crippen molar-refractivity contribution in [1.29, 1.82) is 0 Å². The molecule has 3 aliphatic heterocycles. The predicted octanol–water partition coefficient (Wildman–Crippen LogP) is 2.83. The van der Waals surface area contributed by atoms with Crippen molar-refractivity contribution in [2.24, 2.45) is 0 Å². The van der Waals surface area contributed by atoms with Gasteiger partial charge in [0.05, 0.1) is 37.6 Å². The summed E-state index contributed by atoms with van der Waals surface area (Å²) >= 11 is 0. The average Bonchev–Trinajstić information content (AvgIpc) is 3.28. The van der Waals surface area contributed by atoms with Crippen LogP contribution in [0.15, 0.2) is 18.3 Å². The molecular formula is C27H35F3N8O2. The van der Waals surface area contributed by atoms with Gasteiger partial charge in [-0.05, 0) is 50.6 Å². The second-order valence-electron chi connectivity index (χ2n) is 10.7. The van der Waals surface area contributed by atoms with E-state index < -0.39 is 11.7 Å². The van der Waals surface area contributed by atoms with Crippen LogP contribution in [0.5, 0.6) is 0 Å². The fraction of sp³-hybridized carbons (Fsp3) is 0.593. The molecule has 13 heteroatoms. The maximum Gasteiger partial charge on any atom is 0.417 e. The Morgan fingerprint density at radius 2 is 1.65 bits per heavy atom. The van der Waals surface area contributed by atoms with Gasteiger partial charge in [-0.2, -0.15) is 13.2 Å². The van der Waals surface area contributed by atoms with Crippen LogP contribution in [0.3, 0.4) is 0 Å². The van der Waals surface area contributed by atoms with Gasteiger partial charge in [0.25, 0.3) is 0 Å². The van der Waals surface area contributed by atoms with E-state index in [1.165, 1.54) is 0 Å². The Kier molecular flexibility index (Phi) is 7.55. The Bertz CT molecular complexity index is 1340. The maximum atomic E-state index is 14.0. The van der Waals surface area contributed by atoms with E-state index in [-0.39, 0.29) is 17.2 Å². The minimum absolute atomic E-state index is 0.0367. The van der Waals surface area contributed by atoms with Gasteiger partial charge in [0.2, 0.25) is 0 Å². The number of likely N-dealkylation sites (tertiary alicyclic amines) is 1. The first-order valence-electron chi connectivity index (χ1n) is 13.9. The van der Waals surface area contributed by atoms with Crippen molar-refractivity contribution in [3.8, 4) is 11.4 Å². The number of aromatic nitrogens is 4. The molecule has 3 aromatic heterocycles. The number of nitrogens with two attached hydrogens (primary N) is 1. The molecule has 3 fully saturated rings. The molecule has 3 saturated heterocycles. The number of aryl methyl sites for hydroxylation is 1. The molecule has 6 heterocycles. The summed E-state index contributed by atoms with van der Waals surface area (Å²) in [4.78, 5) is 15.7. The highest BCUT2D eigenvalue weighted by atomic mass is 19.4. The summed E-state index contributed by atoms with van der Waals surface area (Å²) in [5.41, 5.74) is 7.28. The summed E-state index contributed by atoms with van der Waals surface area (Å²) in [5.74, 6) is 0.353. The number of nitrogen functional groups attached to an aromatic ring is 1. The number of nitrogens with zero attached hydrogens (tertiary/aromatic N) is 7. The zero-order chi connectivity index (χ0) is 27.9. The number of morpholine rings is 2. The minimum Gasteiger partial charge on any atom is -0.384 e. The largest absolute Gasteiger partial charge is 0.417 e. The maximum absolute atomic E-state index is 14.0. The Morgan fingerprint density at radius 3 is 2.33 bits per heavy atom. The van der Waals surface area contributed by atoms with Crippen molar-refractivity contribution in [2.75, 3.05) is 76.3 Å². The predicted molar refractivity (Wildman–Crippen MR) is 144 cm³/mol. The van der Waals surface area contributed by atoms with E-state index in [0.29, 0.717) is 38.2 Å². The van der Waals surface area contributed by atoms with E-state index in [1.54, 1.807) is 4.52 Å². The van der Waals surface area contributed by atoms with Crippen molar-refractivity contribution in [1.82, 2.24) is 29.4 Å². The molecule has 0 aliphatic carbocycles. The number of hydrogen-bond acceptors (Lipinski definition) is 9. The highest BCUT2D eigenvalue weighted by Crippen LogP contribution is 2.38. The van der Waals surface area contributed by atoms with Gasteiger partial charge in [0.1, 0.15) is 11.3 Å². The van der Waals surface area contributed by atoms with E-state index in [2.05, 4.69) is 35.8 Å². The Morgan fingerprint density at radius 1 is 0.975 bits per heavy atom. The molecule has 0 aromatic carbocycles. The van der Waals surface area contributed by atoms with Gasteiger partial charge >= 0.3 is 6.18 Å². The lowest BCUT2D eigenvalue weighted by Crippen LogP contribution is -2.48. The first-order chi connectivity index (χ1) is 19.3. The third kappa shape index (κ3) is 5.47. The Hall–Kier alpha value is -3.00. The quantitative estimate of drug-likeness (QED) is 0.505. The Balaban J connectivity index is 1.33. The third-order valence-corrected chi connectivity index (χ3v) is 8.25. The van der Waals surface area contributed by atoms with Crippen LogP contribution >= 0.6 is 0 Å². The van der Waals surface area contributed by atoms with Crippen LogP contribution < -0.4 is 10.6 Å². The second kappa shape index (κ2) is 11.1. The number of halogens is 3. The fourth-order valence-corrected chi connectivity index (χ4v) is 6.00. The van der Waals surface area contributed by atoms with E-state index >= 15 is 0 Å². The van der Waals surface area contributed by atoms with Gasteiger partial charge in [-0.1, -0.05) is 0 Å². The number of hydrogen-bond donors (Lipinski definition) is 1. The number of ether oxygens (including phenoxy) is 2. The SMILES string of the molecule is Cc1c(CN2CCC(N3CCOCC3)CC2)cc2c(N3CCOCC3)nc(-c3cnc(N)cc3C(F)(F)F)nn12. The number of rotatable bonds is 5. The smallest absolute Gasteiger partial charge is 0.384 e. The van der Waals surface area contributed by atoms with Crippen LogP contribution in [0.2, 0.25) is 0 Å². The summed E-state index contributed by atoms with van der Waals surface area (Å²) in [5, 5.41) is 4.62. The number of alkyl halides is 3. The fourth-order valence-electron chi connectivity index (χ4n) is 6.00. The van der Waals surface area contributed by atoms with Crippen molar-refractivity contribution >= 4 is 17.2 Å². The van der Waals surface area contributed by atoms with Gasteiger partial charge in [-0.3, -0.25) is 9.80 Å². The molecule has 3 aromatic rings. The molecule has 10 nitrogen and oxygen atoms in total. The van der Waals surface area contributed by atoms with Gasteiger partial charge < -0.3 is 20.1 Å². The molecular weight excluding hydrogens is 525 g/mol. The first kappa shape index (κ1) is 27.2. The highest BCUT2D eigenvalue weighted by Gasteiger charge is 2.36. The molecule has 0 saturated carbocycles. The van der Waals surface area contributed by atoms with Crippen molar-refractivity contribution in [2.45, 2.75) is 38.5 Å². The lowest BCUT2D eigenvalue weighted by atomic mass is 10.0. The average molecular weight is 561 g/mol. The van der Waals surface area contributed by atoms with Crippen LogP contribution in [-0.4, -0.2) is 101 Å². The monoisotopic (exact) mass is 560 g/mol. The molecule has 0 spiro atoms. The van der Waals surface area contributed by atoms with E-state index in [4.69, 9.17) is 15.2 Å². The molecule has 0 unspecified atom stereocenters. The number of pyridine rings is 1. The lowest BCUT2D eigenvalue weighted by Gasteiger charge is -2.40.